The van der Waals surface area contributed by atoms with Crippen LogP contribution in [0.2, 0.25) is 0 Å². The summed E-state index contributed by atoms with van der Waals surface area (Å²) in [6.45, 7) is 2.62. The highest BCUT2D eigenvalue weighted by molar-refractivity contribution is 5.87. The third-order valence-corrected chi connectivity index (χ3v) is 2.50. The average molecular weight is 230 g/mol. The Labute approximate surface area is 99.5 Å². The number of benzene rings is 1. The minimum absolute atomic E-state index is 0.241. The normalized spacial score (nSPS) is 10.4. The van der Waals surface area contributed by atoms with Crippen LogP contribution in [0, 0.1) is 0 Å². The Morgan fingerprint density at radius 3 is 2.65 bits per heavy atom. The number of carboxylic acids is 1. The third-order valence-electron chi connectivity index (χ3n) is 2.50. The van der Waals surface area contributed by atoms with Gasteiger partial charge in [-0.25, -0.2) is 4.79 Å². The second-order valence-electron chi connectivity index (χ2n) is 3.81. The lowest BCUT2D eigenvalue weighted by Gasteiger charge is -2.00. The SMILES string of the molecule is CCCn1nc(-c2ccccc2)cc1C(=O)O. The first-order valence-electron chi connectivity index (χ1n) is 5.59. The predicted molar refractivity (Wildman–Crippen MR) is 64.9 cm³/mol. The maximum atomic E-state index is 11.1. The molecule has 1 aromatic carbocycles. The van der Waals surface area contributed by atoms with E-state index >= 15 is 0 Å². The van der Waals surface area contributed by atoms with Crippen molar-refractivity contribution in [1.29, 1.82) is 0 Å². The number of hydrogen-bond donors (Lipinski definition) is 1. The summed E-state index contributed by atoms with van der Waals surface area (Å²) in [5.74, 6) is -0.937. The molecule has 0 atom stereocenters. The van der Waals surface area contributed by atoms with Crippen molar-refractivity contribution in [3.8, 4) is 11.3 Å². The van der Waals surface area contributed by atoms with E-state index in [9.17, 15) is 4.79 Å². The van der Waals surface area contributed by atoms with Crippen molar-refractivity contribution >= 4 is 5.97 Å². The van der Waals surface area contributed by atoms with Gasteiger partial charge in [0.15, 0.2) is 0 Å². The van der Waals surface area contributed by atoms with Gasteiger partial charge in [0.2, 0.25) is 0 Å². The largest absolute Gasteiger partial charge is 0.477 e. The topological polar surface area (TPSA) is 55.1 Å². The number of aromatic carboxylic acids is 1. The van der Waals surface area contributed by atoms with Crippen molar-refractivity contribution in [2.45, 2.75) is 19.9 Å². The van der Waals surface area contributed by atoms with Gasteiger partial charge in [-0.3, -0.25) is 4.68 Å². The van der Waals surface area contributed by atoms with E-state index in [1.54, 1.807) is 10.7 Å². The zero-order chi connectivity index (χ0) is 12.3. The van der Waals surface area contributed by atoms with Crippen LogP contribution in [0.5, 0.6) is 0 Å². The Hall–Kier alpha value is -2.10. The number of aromatic nitrogens is 2. The van der Waals surface area contributed by atoms with Crippen molar-refractivity contribution in [1.82, 2.24) is 9.78 Å². The first-order valence-corrected chi connectivity index (χ1v) is 5.59. The van der Waals surface area contributed by atoms with E-state index in [-0.39, 0.29) is 5.69 Å². The molecular formula is C13H14N2O2. The summed E-state index contributed by atoms with van der Waals surface area (Å²) in [4.78, 5) is 11.1. The highest BCUT2D eigenvalue weighted by Gasteiger charge is 2.14. The lowest BCUT2D eigenvalue weighted by atomic mass is 10.1. The quantitative estimate of drug-likeness (QED) is 0.878. The van der Waals surface area contributed by atoms with E-state index in [0.717, 1.165) is 12.0 Å². The fourth-order valence-electron chi connectivity index (χ4n) is 1.72. The van der Waals surface area contributed by atoms with Crippen LogP contribution in [0.25, 0.3) is 11.3 Å². The van der Waals surface area contributed by atoms with Crippen LogP contribution in [0.1, 0.15) is 23.8 Å². The first-order chi connectivity index (χ1) is 8.22. The van der Waals surface area contributed by atoms with Crippen LogP contribution in [0.3, 0.4) is 0 Å². The van der Waals surface area contributed by atoms with Crippen LogP contribution >= 0.6 is 0 Å². The second-order valence-corrected chi connectivity index (χ2v) is 3.81. The van der Waals surface area contributed by atoms with Crippen LogP contribution in [-0.4, -0.2) is 20.9 Å². The van der Waals surface area contributed by atoms with Gasteiger partial charge < -0.3 is 5.11 Å². The molecule has 0 aliphatic heterocycles. The van der Waals surface area contributed by atoms with Gasteiger partial charge in [0.05, 0.1) is 5.69 Å². The van der Waals surface area contributed by atoms with Gasteiger partial charge in [0.1, 0.15) is 5.69 Å². The van der Waals surface area contributed by atoms with E-state index in [0.29, 0.717) is 12.2 Å². The number of carboxylic acid groups (broad SMARTS) is 1. The van der Waals surface area contributed by atoms with Crippen molar-refractivity contribution in [3.63, 3.8) is 0 Å². The molecule has 2 rings (SSSR count). The second kappa shape index (κ2) is 4.82. The number of rotatable bonds is 4. The molecule has 4 nitrogen and oxygen atoms in total. The monoisotopic (exact) mass is 230 g/mol. The zero-order valence-corrected chi connectivity index (χ0v) is 9.63. The Bertz CT molecular complexity index is 517. The molecule has 4 heteroatoms. The Morgan fingerprint density at radius 1 is 1.35 bits per heavy atom. The molecule has 0 amide bonds. The van der Waals surface area contributed by atoms with E-state index in [4.69, 9.17) is 5.11 Å². The summed E-state index contributed by atoms with van der Waals surface area (Å²) in [6, 6.07) is 11.2. The highest BCUT2D eigenvalue weighted by Crippen LogP contribution is 2.19. The molecule has 0 saturated carbocycles. The summed E-state index contributed by atoms with van der Waals surface area (Å²) in [5.41, 5.74) is 1.88. The maximum Gasteiger partial charge on any atom is 0.354 e. The number of aryl methyl sites for hydroxylation is 1. The Balaban J connectivity index is 2.44. The van der Waals surface area contributed by atoms with E-state index < -0.39 is 5.97 Å². The molecule has 88 valence electrons. The Kier molecular flexibility index (Phi) is 3.23. The number of carbonyl (C=O) groups is 1. The molecule has 0 fully saturated rings. The van der Waals surface area contributed by atoms with Crippen molar-refractivity contribution in [3.05, 3.63) is 42.1 Å². The van der Waals surface area contributed by atoms with Gasteiger partial charge in [-0.1, -0.05) is 37.3 Å². The molecule has 0 spiro atoms. The predicted octanol–water partition coefficient (Wildman–Crippen LogP) is 2.66. The van der Waals surface area contributed by atoms with Gasteiger partial charge in [-0.05, 0) is 12.5 Å². The van der Waals surface area contributed by atoms with E-state index in [1.165, 1.54) is 0 Å². The van der Waals surface area contributed by atoms with Crippen molar-refractivity contribution in [2.75, 3.05) is 0 Å². The highest BCUT2D eigenvalue weighted by atomic mass is 16.4. The standard InChI is InChI=1S/C13H14N2O2/c1-2-8-15-12(13(16)17)9-11(14-15)10-6-4-3-5-7-10/h3-7,9H,2,8H2,1H3,(H,16,17). The molecule has 0 aliphatic rings. The van der Waals surface area contributed by atoms with Gasteiger partial charge in [-0.2, -0.15) is 5.10 Å². The van der Waals surface area contributed by atoms with E-state index in [2.05, 4.69) is 5.10 Å². The molecule has 1 heterocycles. The van der Waals surface area contributed by atoms with Gasteiger partial charge >= 0.3 is 5.97 Å². The van der Waals surface area contributed by atoms with Gasteiger partial charge in [-0.15, -0.1) is 0 Å². The zero-order valence-electron chi connectivity index (χ0n) is 9.63. The van der Waals surface area contributed by atoms with Crippen LogP contribution < -0.4 is 0 Å². The molecule has 0 bridgehead atoms. The molecule has 0 unspecified atom stereocenters. The molecule has 0 saturated heterocycles. The maximum absolute atomic E-state index is 11.1. The number of hydrogen-bond acceptors (Lipinski definition) is 2. The minimum atomic E-state index is -0.937. The summed E-state index contributed by atoms with van der Waals surface area (Å²) < 4.78 is 1.55. The molecule has 1 N–H and O–H groups in total. The molecule has 1 aromatic heterocycles. The average Bonchev–Trinajstić information content (AvgIpc) is 2.75. The van der Waals surface area contributed by atoms with Crippen LogP contribution in [-0.2, 0) is 6.54 Å². The number of nitrogens with zero attached hydrogens (tertiary/aromatic N) is 2. The minimum Gasteiger partial charge on any atom is -0.477 e. The third kappa shape index (κ3) is 2.36. The van der Waals surface area contributed by atoms with Gasteiger partial charge in [0, 0.05) is 12.1 Å². The van der Waals surface area contributed by atoms with Gasteiger partial charge in [0.25, 0.3) is 0 Å². The van der Waals surface area contributed by atoms with Crippen molar-refractivity contribution < 1.29 is 9.90 Å². The fraction of sp³-hybridized carbons (Fsp3) is 0.231. The summed E-state index contributed by atoms with van der Waals surface area (Å²) in [7, 11) is 0. The summed E-state index contributed by atoms with van der Waals surface area (Å²) in [5, 5.41) is 13.4. The summed E-state index contributed by atoms with van der Waals surface area (Å²) in [6.07, 6.45) is 0.857. The molecule has 0 aliphatic carbocycles. The van der Waals surface area contributed by atoms with Crippen molar-refractivity contribution in [2.24, 2.45) is 0 Å². The van der Waals surface area contributed by atoms with Crippen LogP contribution in [0.15, 0.2) is 36.4 Å². The first kappa shape index (κ1) is 11.4. The molecular weight excluding hydrogens is 216 g/mol. The smallest absolute Gasteiger partial charge is 0.354 e. The fourth-order valence-corrected chi connectivity index (χ4v) is 1.72. The van der Waals surface area contributed by atoms with Crippen LogP contribution in [0.4, 0.5) is 0 Å². The lowest BCUT2D eigenvalue weighted by molar-refractivity contribution is 0.0683. The molecule has 2 aromatic rings. The Morgan fingerprint density at radius 2 is 2.06 bits per heavy atom. The van der Waals surface area contributed by atoms with E-state index in [1.807, 2.05) is 37.3 Å². The molecule has 0 radical (unpaired) electrons. The lowest BCUT2D eigenvalue weighted by Crippen LogP contribution is -2.09. The molecule has 17 heavy (non-hydrogen) atoms. The summed E-state index contributed by atoms with van der Waals surface area (Å²) >= 11 is 0.